The summed E-state index contributed by atoms with van der Waals surface area (Å²) >= 11 is 0. The predicted molar refractivity (Wildman–Crippen MR) is 90.1 cm³/mol. The van der Waals surface area contributed by atoms with Crippen LogP contribution in [0.5, 0.6) is 0 Å². The third kappa shape index (κ3) is 3.43. The molecule has 0 saturated carbocycles. The first-order valence-corrected chi connectivity index (χ1v) is 10.00. The third-order valence-corrected chi connectivity index (χ3v) is 6.37. The van der Waals surface area contributed by atoms with Crippen LogP contribution in [-0.4, -0.2) is 67.3 Å². The number of piperazine rings is 1. The molecule has 1 amide bonds. The zero-order valence-corrected chi connectivity index (χ0v) is 14.5. The zero-order valence-electron chi connectivity index (χ0n) is 13.7. The van der Waals surface area contributed by atoms with Crippen molar-refractivity contribution in [2.45, 2.75) is 25.9 Å². The molecule has 1 aromatic rings. The lowest BCUT2D eigenvalue weighted by molar-refractivity contribution is 0.0297. The van der Waals surface area contributed by atoms with Crippen LogP contribution >= 0.6 is 0 Å². The van der Waals surface area contributed by atoms with E-state index in [1.807, 2.05) is 18.2 Å². The van der Waals surface area contributed by atoms with Crippen molar-refractivity contribution in [2.75, 3.05) is 31.1 Å². The molecule has 1 aromatic carbocycles. The number of carbonyl (C=O) groups excluding carboxylic acids is 1. The van der Waals surface area contributed by atoms with Crippen molar-refractivity contribution in [3.63, 3.8) is 0 Å². The van der Waals surface area contributed by atoms with E-state index in [2.05, 4.69) is 18.7 Å². The summed E-state index contributed by atoms with van der Waals surface area (Å²) in [6, 6.07) is 8.85. The van der Waals surface area contributed by atoms with Gasteiger partial charge in [0.2, 0.25) is 0 Å². The summed E-state index contributed by atoms with van der Waals surface area (Å²) in [5.41, 5.74) is 0.632. The van der Waals surface area contributed by atoms with Crippen molar-refractivity contribution >= 4 is 15.7 Å². The monoisotopic (exact) mass is 336 g/mol. The van der Waals surface area contributed by atoms with Gasteiger partial charge in [0.15, 0.2) is 9.84 Å². The largest absolute Gasteiger partial charge is 0.332 e. The van der Waals surface area contributed by atoms with E-state index in [4.69, 9.17) is 0 Å². The van der Waals surface area contributed by atoms with Gasteiger partial charge in [0, 0.05) is 31.2 Å². The van der Waals surface area contributed by atoms with E-state index < -0.39 is 9.84 Å². The highest BCUT2D eigenvalue weighted by Crippen LogP contribution is 2.28. The Morgan fingerprint density at radius 3 is 2.43 bits per heavy atom. The summed E-state index contributed by atoms with van der Waals surface area (Å²) in [6.45, 7) is 6.49. The first-order chi connectivity index (χ1) is 10.9. The molecule has 2 aliphatic rings. The van der Waals surface area contributed by atoms with Crippen LogP contribution in [0.1, 0.15) is 24.2 Å². The van der Waals surface area contributed by atoms with Gasteiger partial charge in [0.05, 0.1) is 17.5 Å². The highest BCUT2D eigenvalue weighted by atomic mass is 32.2. The maximum absolute atomic E-state index is 12.8. The normalized spacial score (nSPS) is 27.2. The Hall–Kier alpha value is -1.40. The number of carbonyl (C=O) groups is 1. The van der Waals surface area contributed by atoms with Gasteiger partial charge in [-0.1, -0.05) is 32.0 Å². The lowest BCUT2D eigenvalue weighted by Crippen LogP contribution is -2.61. The van der Waals surface area contributed by atoms with Crippen LogP contribution in [0.2, 0.25) is 0 Å². The fraction of sp³-hybridized carbons (Fsp3) is 0.588. The van der Waals surface area contributed by atoms with E-state index in [1.165, 1.54) is 0 Å². The fourth-order valence-electron chi connectivity index (χ4n) is 3.72. The highest BCUT2D eigenvalue weighted by Gasteiger charge is 2.48. The van der Waals surface area contributed by atoms with E-state index in [0.29, 0.717) is 18.0 Å². The molecule has 2 fully saturated rings. The van der Waals surface area contributed by atoms with Crippen LogP contribution in [0.15, 0.2) is 30.3 Å². The van der Waals surface area contributed by atoms with Crippen molar-refractivity contribution in [3.05, 3.63) is 35.9 Å². The number of sulfone groups is 1. The van der Waals surface area contributed by atoms with Crippen molar-refractivity contribution < 1.29 is 13.2 Å². The predicted octanol–water partition coefficient (Wildman–Crippen LogP) is 1.27. The van der Waals surface area contributed by atoms with E-state index >= 15 is 0 Å². The molecule has 0 aliphatic carbocycles. The minimum atomic E-state index is -3.08. The molecular weight excluding hydrogens is 312 g/mol. The second-order valence-corrected chi connectivity index (χ2v) is 9.12. The first kappa shape index (κ1) is 16.5. The Balaban J connectivity index is 1.85. The van der Waals surface area contributed by atoms with Crippen LogP contribution in [-0.2, 0) is 9.84 Å². The second kappa shape index (κ2) is 6.24. The molecule has 2 saturated heterocycles. The summed E-state index contributed by atoms with van der Waals surface area (Å²) < 4.78 is 24.3. The molecule has 126 valence electrons. The SMILES string of the molecule is CC(C)CN1CCN(C(=O)c2ccccc2)[C@H]2CS(=O)(=O)C[C@H]21. The molecule has 2 atom stereocenters. The summed E-state index contributed by atoms with van der Waals surface area (Å²) in [7, 11) is -3.08. The molecule has 2 aliphatic heterocycles. The van der Waals surface area contributed by atoms with Gasteiger partial charge in [-0.3, -0.25) is 9.69 Å². The lowest BCUT2D eigenvalue weighted by atomic mass is 10.0. The average Bonchev–Trinajstić information content (AvgIpc) is 2.83. The molecule has 0 bridgehead atoms. The molecule has 3 rings (SSSR count). The Kier molecular flexibility index (Phi) is 4.47. The Labute approximate surface area is 138 Å². The fourth-order valence-corrected chi connectivity index (χ4v) is 5.73. The quantitative estimate of drug-likeness (QED) is 0.834. The van der Waals surface area contributed by atoms with Crippen molar-refractivity contribution in [2.24, 2.45) is 5.92 Å². The number of fused-ring (bicyclic) bond motifs is 1. The Morgan fingerprint density at radius 2 is 1.78 bits per heavy atom. The second-order valence-electron chi connectivity index (χ2n) is 6.96. The van der Waals surface area contributed by atoms with Gasteiger partial charge < -0.3 is 4.90 Å². The van der Waals surface area contributed by atoms with Crippen LogP contribution in [0, 0.1) is 5.92 Å². The van der Waals surface area contributed by atoms with E-state index in [-0.39, 0.29) is 29.5 Å². The van der Waals surface area contributed by atoms with Crippen molar-refractivity contribution in [1.82, 2.24) is 9.80 Å². The zero-order chi connectivity index (χ0) is 16.6. The van der Waals surface area contributed by atoms with Crippen LogP contribution < -0.4 is 0 Å². The number of amides is 1. The molecule has 23 heavy (non-hydrogen) atoms. The van der Waals surface area contributed by atoms with Gasteiger partial charge in [0.25, 0.3) is 5.91 Å². The van der Waals surface area contributed by atoms with Gasteiger partial charge in [-0.25, -0.2) is 8.42 Å². The van der Waals surface area contributed by atoms with Crippen molar-refractivity contribution in [3.8, 4) is 0 Å². The number of rotatable bonds is 3. The maximum atomic E-state index is 12.8. The molecule has 0 N–H and O–H groups in total. The Bertz CT molecular complexity index is 672. The standard InChI is InChI=1S/C17H24N2O3S/c1-13(2)10-18-8-9-19(16-12-23(21,22)11-15(16)18)17(20)14-6-4-3-5-7-14/h3-7,13,15-16H,8-12H2,1-2H3/t15-,16+/m1/s1. The highest BCUT2D eigenvalue weighted by molar-refractivity contribution is 7.91. The number of hydrogen-bond donors (Lipinski definition) is 0. The van der Waals surface area contributed by atoms with E-state index in [0.717, 1.165) is 13.1 Å². The molecule has 0 spiro atoms. The summed E-state index contributed by atoms with van der Waals surface area (Å²) in [5, 5.41) is 0. The molecular formula is C17H24N2O3S. The van der Waals surface area contributed by atoms with E-state index in [1.54, 1.807) is 17.0 Å². The third-order valence-electron chi connectivity index (χ3n) is 4.67. The van der Waals surface area contributed by atoms with Crippen LogP contribution in [0.3, 0.4) is 0 Å². The van der Waals surface area contributed by atoms with Gasteiger partial charge in [0.1, 0.15) is 0 Å². The van der Waals surface area contributed by atoms with Crippen LogP contribution in [0.4, 0.5) is 0 Å². The van der Waals surface area contributed by atoms with Gasteiger partial charge in [-0.15, -0.1) is 0 Å². The smallest absolute Gasteiger partial charge is 0.254 e. The summed E-state index contributed by atoms with van der Waals surface area (Å²) in [5.74, 6) is 0.686. The molecule has 2 heterocycles. The molecule has 0 aromatic heterocycles. The summed E-state index contributed by atoms with van der Waals surface area (Å²) in [4.78, 5) is 16.8. The summed E-state index contributed by atoms with van der Waals surface area (Å²) in [6.07, 6.45) is 0. The molecule has 0 radical (unpaired) electrons. The molecule has 6 heteroatoms. The first-order valence-electron chi connectivity index (χ1n) is 8.18. The van der Waals surface area contributed by atoms with Gasteiger partial charge in [-0.05, 0) is 18.1 Å². The lowest BCUT2D eigenvalue weighted by Gasteiger charge is -2.44. The molecule has 0 unspecified atom stereocenters. The molecule has 5 nitrogen and oxygen atoms in total. The number of hydrogen-bond acceptors (Lipinski definition) is 4. The van der Waals surface area contributed by atoms with Gasteiger partial charge in [-0.2, -0.15) is 0 Å². The topological polar surface area (TPSA) is 57.7 Å². The minimum absolute atomic E-state index is 0.0538. The number of nitrogens with zero attached hydrogens (tertiary/aromatic N) is 2. The minimum Gasteiger partial charge on any atom is -0.332 e. The average molecular weight is 336 g/mol. The van der Waals surface area contributed by atoms with Gasteiger partial charge >= 0.3 is 0 Å². The van der Waals surface area contributed by atoms with Crippen LogP contribution in [0.25, 0.3) is 0 Å². The number of benzene rings is 1. The maximum Gasteiger partial charge on any atom is 0.254 e. The van der Waals surface area contributed by atoms with E-state index in [9.17, 15) is 13.2 Å². The Morgan fingerprint density at radius 1 is 1.13 bits per heavy atom. The van der Waals surface area contributed by atoms with Crippen molar-refractivity contribution in [1.29, 1.82) is 0 Å².